The van der Waals surface area contributed by atoms with Crippen LogP contribution in [0.4, 0.5) is 0 Å². The van der Waals surface area contributed by atoms with Gasteiger partial charge in [-0.3, -0.25) is 0 Å². The molecule has 2 unspecified atom stereocenters. The van der Waals surface area contributed by atoms with Crippen molar-refractivity contribution in [1.82, 2.24) is 10.2 Å². The third kappa shape index (κ3) is 3.19. The second-order valence-electron chi connectivity index (χ2n) is 7.89. The van der Waals surface area contributed by atoms with E-state index < -0.39 is 0 Å². The molecule has 2 atom stereocenters. The predicted molar refractivity (Wildman–Crippen MR) is 81.8 cm³/mol. The van der Waals surface area contributed by atoms with Gasteiger partial charge in [-0.2, -0.15) is 0 Å². The Morgan fingerprint density at radius 2 is 1.75 bits per heavy atom. The van der Waals surface area contributed by atoms with Crippen LogP contribution in [0.3, 0.4) is 0 Å². The Hall–Kier alpha value is -0.160. The molecule has 0 amide bonds. The Morgan fingerprint density at radius 1 is 1.15 bits per heavy atom. The summed E-state index contributed by atoms with van der Waals surface area (Å²) in [6, 6.07) is 0.368. The van der Waals surface area contributed by atoms with Crippen molar-refractivity contribution in [2.24, 2.45) is 11.8 Å². The van der Waals surface area contributed by atoms with Gasteiger partial charge >= 0.3 is 0 Å². The lowest BCUT2D eigenvalue weighted by molar-refractivity contribution is -0.0796. The minimum Gasteiger partial charge on any atom is -0.393 e. The van der Waals surface area contributed by atoms with Crippen molar-refractivity contribution in [3.63, 3.8) is 0 Å². The maximum absolute atomic E-state index is 9.40. The fraction of sp³-hybridized carbons (Fsp3) is 1.00. The average Bonchev–Trinajstić information content (AvgIpc) is 2.41. The maximum Gasteiger partial charge on any atom is 0.0790 e. The van der Waals surface area contributed by atoms with Gasteiger partial charge in [0.25, 0.3) is 0 Å². The fourth-order valence-corrected chi connectivity index (χ4v) is 4.28. The predicted octanol–water partition coefficient (Wildman–Crippen LogP) is 1.48. The molecule has 0 aromatic heterocycles. The van der Waals surface area contributed by atoms with Crippen molar-refractivity contribution in [2.45, 2.75) is 63.9 Å². The number of rotatable bonds is 5. The van der Waals surface area contributed by atoms with Crippen LogP contribution in [0.2, 0.25) is 0 Å². The van der Waals surface area contributed by atoms with E-state index in [0.717, 1.165) is 25.9 Å². The fourth-order valence-electron chi connectivity index (χ4n) is 4.28. The average molecular weight is 284 g/mol. The monoisotopic (exact) mass is 284 g/mol. The number of nitrogens with one attached hydrogen (secondary N) is 1. The second kappa shape index (κ2) is 5.56. The molecule has 2 aliphatic rings. The van der Waals surface area contributed by atoms with Crippen LogP contribution in [0.5, 0.6) is 0 Å². The summed E-state index contributed by atoms with van der Waals surface area (Å²) in [6.07, 6.45) is 1.88. The molecule has 4 heteroatoms. The molecule has 0 spiro atoms. The molecule has 0 bridgehead atoms. The summed E-state index contributed by atoms with van der Waals surface area (Å²) in [6.45, 7) is 10.9. The molecule has 2 rings (SSSR count). The minimum absolute atomic E-state index is 0.0522. The summed E-state index contributed by atoms with van der Waals surface area (Å²) in [5.74, 6) is 1.14. The summed E-state index contributed by atoms with van der Waals surface area (Å²) in [5.41, 5.74) is -0.235. The van der Waals surface area contributed by atoms with E-state index in [9.17, 15) is 5.11 Å². The van der Waals surface area contributed by atoms with Crippen LogP contribution in [-0.2, 0) is 4.74 Å². The highest BCUT2D eigenvalue weighted by atomic mass is 16.5. The van der Waals surface area contributed by atoms with Crippen molar-refractivity contribution in [3.8, 4) is 0 Å². The molecule has 2 fully saturated rings. The first-order valence-corrected chi connectivity index (χ1v) is 7.89. The van der Waals surface area contributed by atoms with Gasteiger partial charge in [-0.15, -0.1) is 0 Å². The Balaban J connectivity index is 1.95. The number of ether oxygens (including phenoxy) is 1. The molecule has 1 saturated carbocycles. The van der Waals surface area contributed by atoms with Gasteiger partial charge in [0, 0.05) is 25.0 Å². The molecule has 1 aliphatic heterocycles. The highest BCUT2D eigenvalue weighted by molar-refractivity contribution is 5.05. The van der Waals surface area contributed by atoms with Crippen LogP contribution in [0, 0.1) is 11.8 Å². The molecule has 1 saturated heterocycles. The van der Waals surface area contributed by atoms with Crippen molar-refractivity contribution >= 4 is 0 Å². The Morgan fingerprint density at radius 3 is 2.25 bits per heavy atom. The third-order valence-electron chi connectivity index (χ3n) is 5.17. The van der Waals surface area contributed by atoms with Crippen molar-refractivity contribution in [3.05, 3.63) is 0 Å². The molecule has 4 nitrogen and oxygen atoms in total. The van der Waals surface area contributed by atoms with E-state index in [4.69, 9.17) is 4.74 Å². The molecule has 20 heavy (non-hydrogen) atoms. The van der Waals surface area contributed by atoms with E-state index in [1.807, 2.05) is 7.05 Å². The number of hydrogen-bond acceptors (Lipinski definition) is 4. The first-order valence-electron chi connectivity index (χ1n) is 7.89. The first-order chi connectivity index (χ1) is 9.15. The second-order valence-corrected chi connectivity index (χ2v) is 7.89. The lowest BCUT2D eigenvalue weighted by Gasteiger charge is -2.37. The van der Waals surface area contributed by atoms with E-state index in [1.54, 1.807) is 0 Å². The molecule has 118 valence electrons. The SMILES string of the molecule is CNC1C(CN(C)CC2CC(O)C2)C(C)(C)OC1(C)C. The van der Waals surface area contributed by atoms with Gasteiger partial charge in [0.2, 0.25) is 0 Å². The number of aliphatic hydroxyl groups is 1. The molecule has 2 N–H and O–H groups in total. The van der Waals surface area contributed by atoms with E-state index >= 15 is 0 Å². The van der Waals surface area contributed by atoms with E-state index in [2.05, 4.69) is 45.0 Å². The summed E-state index contributed by atoms with van der Waals surface area (Å²) in [5, 5.41) is 12.9. The quantitative estimate of drug-likeness (QED) is 0.803. The van der Waals surface area contributed by atoms with Crippen molar-refractivity contribution < 1.29 is 9.84 Å². The topological polar surface area (TPSA) is 44.7 Å². The molecule has 1 heterocycles. The summed E-state index contributed by atoms with van der Waals surface area (Å²) in [7, 11) is 4.23. The normalized spacial score (nSPS) is 39.0. The van der Waals surface area contributed by atoms with Crippen LogP contribution >= 0.6 is 0 Å². The zero-order valence-electron chi connectivity index (χ0n) is 13.9. The maximum atomic E-state index is 9.40. The van der Waals surface area contributed by atoms with Crippen LogP contribution in [0.15, 0.2) is 0 Å². The molecule has 0 aromatic rings. The Kier molecular flexibility index (Phi) is 4.51. The van der Waals surface area contributed by atoms with Gasteiger partial charge < -0.3 is 20.1 Å². The summed E-state index contributed by atoms with van der Waals surface area (Å²) in [4.78, 5) is 2.41. The highest BCUT2D eigenvalue weighted by Crippen LogP contribution is 2.42. The number of hydrogen-bond donors (Lipinski definition) is 2. The molecule has 0 aromatic carbocycles. The largest absolute Gasteiger partial charge is 0.393 e. The van der Waals surface area contributed by atoms with E-state index in [0.29, 0.717) is 17.9 Å². The molecule has 0 radical (unpaired) electrons. The van der Waals surface area contributed by atoms with Gasteiger partial charge in [-0.05, 0) is 60.5 Å². The smallest absolute Gasteiger partial charge is 0.0790 e. The van der Waals surface area contributed by atoms with Gasteiger partial charge in [0.15, 0.2) is 0 Å². The molecular formula is C16H32N2O2. The third-order valence-corrected chi connectivity index (χ3v) is 5.17. The van der Waals surface area contributed by atoms with Gasteiger partial charge in [0.1, 0.15) is 0 Å². The van der Waals surface area contributed by atoms with Gasteiger partial charge in [-0.25, -0.2) is 0 Å². The van der Waals surface area contributed by atoms with Crippen molar-refractivity contribution in [2.75, 3.05) is 27.2 Å². The highest BCUT2D eigenvalue weighted by Gasteiger charge is 2.53. The number of nitrogens with zero attached hydrogens (tertiary/aromatic N) is 1. The number of aliphatic hydroxyl groups excluding tert-OH is 1. The van der Waals surface area contributed by atoms with Gasteiger partial charge in [0.05, 0.1) is 17.3 Å². The van der Waals surface area contributed by atoms with Crippen LogP contribution in [-0.4, -0.2) is 60.5 Å². The summed E-state index contributed by atoms with van der Waals surface area (Å²) < 4.78 is 6.29. The lowest BCUT2D eigenvalue weighted by atomic mass is 9.80. The molecular weight excluding hydrogens is 252 g/mol. The summed E-state index contributed by atoms with van der Waals surface area (Å²) >= 11 is 0. The lowest BCUT2D eigenvalue weighted by Crippen LogP contribution is -2.50. The van der Waals surface area contributed by atoms with Crippen LogP contribution < -0.4 is 5.32 Å². The minimum atomic E-state index is -0.129. The van der Waals surface area contributed by atoms with Crippen LogP contribution in [0.25, 0.3) is 0 Å². The van der Waals surface area contributed by atoms with E-state index in [1.165, 1.54) is 0 Å². The van der Waals surface area contributed by atoms with Crippen molar-refractivity contribution in [1.29, 1.82) is 0 Å². The Bertz CT molecular complexity index is 337. The zero-order chi connectivity index (χ0) is 15.1. The Labute approximate surface area is 123 Å². The van der Waals surface area contributed by atoms with Gasteiger partial charge in [-0.1, -0.05) is 0 Å². The standard InChI is InChI=1S/C16H32N2O2/c1-15(2)13(14(17-5)16(3,4)20-15)10-18(6)9-11-7-12(19)8-11/h11-14,17,19H,7-10H2,1-6H3. The zero-order valence-corrected chi connectivity index (χ0v) is 13.9. The first kappa shape index (κ1) is 16.2. The molecule has 1 aliphatic carbocycles. The van der Waals surface area contributed by atoms with Crippen LogP contribution in [0.1, 0.15) is 40.5 Å². The number of likely N-dealkylation sites (N-methyl/N-ethyl adjacent to an activating group) is 1. The van der Waals surface area contributed by atoms with E-state index in [-0.39, 0.29) is 17.3 Å².